The topological polar surface area (TPSA) is 40.5 Å². The van der Waals surface area contributed by atoms with Gasteiger partial charge in [0.25, 0.3) is 0 Å². The molecule has 11 heavy (non-hydrogen) atoms. The molecule has 1 rings (SSSR count). The Hall–Kier alpha value is 0.165. The summed E-state index contributed by atoms with van der Waals surface area (Å²) in [5, 5.41) is 17.8. The van der Waals surface area contributed by atoms with Gasteiger partial charge in [0.05, 0.1) is 0 Å². The third kappa shape index (κ3) is 2.05. The molecular formula is C6H5BBr2O2. The van der Waals surface area contributed by atoms with Gasteiger partial charge < -0.3 is 10.0 Å². The molecule has 0 aliphatic rings. The quantitative estimate of drug-likeness (QED) is 0.750. The van der Waals surface area contributed by atoms with Crippen molar-refractivity contribution in [2.24, 2.45) is 0 Å². The standard InChI is InChI=1S/C6H5BBr2O2/c8-4-2-1-3-5(9)6(4)7(10)11/h1-3,10-11H. The lowest BCUT2D eigenvalue weighted by atomic mass is 9.80. The van der Waals surface area contributed by atoms with Crippen molar-refractivity contribution in [3.05, 3.63) is 27.1 Å². The Morgan fingerprint density at radius 2 is 1.55 bits per heavy atom. The first-order chi connectivity index (χ1) is 5.13. The van der Waals surface area contributed by atoms with Gasteiger partial charge in [0, 0.05) is 14.4 Å². The molecule has 0 saturated carbocycles. The van der Waals surface area contributed by atoms with Gasteiger partial charge in [-0.1, -0.05) is 37.9 Å². The maximum Gasteiger partial charge on any atom is 0.490 e. The van der Waals surface area contributed by atoms with Gasteiger partial charge in [-0.15, -0.1) is 0 Å². The van der Waals surface area contributed by atoms with E-state index in [0.717, 1.165) is 0 Å². The fourth-order valence-electron chi connectivity index (χ4n) is 0.757. The molecule has 58 valence electrons. The van der Waals surface area contributed by atoms with Crippen LogP contribution in [-0.2, 0) is 0 Å². The highest BCUT2D eigenvalue weighted by Gasteiger charge is 2.17. The molecule has 0 spiro atoms. The first kappa shape index (κ1) is 9.25. The van der Waals surface area contributed by atoms with Crippen LogP contribution in [0.2, 0.25) is 0 Å². The van der Waals surface area contributed by atoms with Crippen molar-refractivity contribution < 1.29 is 10.0 Å². The van der Waals surface area contributed by atoms with Crippen LogP contribution in [0, 0.1) is 0 Å². The predicted molar refractivity (Wildman–Crippen MR) is 51.7 cm³/mol. The molecule has 1 aromatic rings. The summed E-state index contributed by atoms with van der Waals surface area (Å²) >= 11 is 6.40. The summed E-state index contributed by atoms with van der Waals surface area (Å²) < 4.78 is 1.36. The molecule has 0 aliphatic carbocycles. The molecule has 0 radical (unpaired) electrons. The van der Waals surface area contributed by atoms with Crippen molar-refractivity contribution in [3.63, 3.8) is 0 Å². The Kier molecular flexibility index (Phi) is 3.12. The Bertz CT molecular complexity index is 245. The minimum Gasteiger partial charge on any atom is -0.423 e. The molecule has 0 aromatic heterocycles. The van der Waals surface area contributed by atoms with Crippen LogP contribution in [0.5, 0.6) is 0 Å². The van der Waals surface area contributed by atoms with Gasteiger partial charge in [-0.25, -0.2) is 0 Å². The number of benzene rings is 1. The van der Waals surface area contributed by atoms with E-state index in [2.05, 4.69) is 31.9 Å². The van der Waals surface area contributed by atoms with Gasteiger partial charge >= 0.3 is 7.12 Å². The van der Waals surface area contributed by atoms with Gasteiger partial charge in [0.1, 0.15) is 0 Å². The molecule has 0 atom stereocenters. The van der Waals surface area contributed by atoms with E-state index in [4.69, 9.17) is 10.0 Å². The molecule has 0 bridgehead atoms. The number of rotatable bonds is 1. The van der Waals surface area contributed by atoms with Crippen molar-refractivity contribution in [2.45, 2.75) is 0 Å². The average molecular weight is 280 g/mol. The second-order valence-corrected chi connectivity index (χ2v) is 3.72. The van der Waals surface area contributed by atoms with Crippen LogP contribution < -0.4 is 5.46 Å². The minimum absolute atomic E-state index is 0.451. The van der Waals surface area contributed by atoms with Crippen LogP contribution in [0.4, 0.5) is 0 Å². The van der Waals surface area contributed by atoms with Crippen LogP contribution in [0.25, 0.3) is 0 Å². The van der Waals surface area contributed by atoms with Crippen molar-refractivity contribution >= 4 is 44.4 Å². The van der Waals surface area contributed by atoms with Crippen molar-refractivity contribution in [1.29, 1.82) is 0 Å². The Labute approximate surface area is 81.6 Å². The maximum atomic E-state index is 8.88. The van der Waals surface area contributed by atoms with Gasteiger partial charge in [0.15, 0.2) is 0 Å². The minimum atomic E-state index is -1.44. The van der Waals surface area contributed by atoms with Crippen molar-refractivity contribution in [1.82, 2.24) is 0 Å². The summed E-state index contributed by atoms with van der Waals surface area (Å²) in [6.45, 7) is 0. The van der Waals surface area contributed by atoms with E-state index in [1.165, 1.54) is 0 Å². The van der Waals surface area contributed by atoms with Crippen LogP contribution in [0.15, 0.2) is 27.1 Å². The molecule has 2 nitrogen and oxygen atoms in total. The number of hydrogen-bond donors (Lipinski definition) is 2. The highest BCUT2D eigenvalue weighted by Crippen LogP contribution is 2.14. The monoisotopic (exact) mass is 278 g/mol. The van der Waals surface area contributed by atoms with E-state index < -0.39 is 7.12 Å². The molecule has 0 saturated heterocycles. The lowest BCUT2D eigenvalue weighted by Gasteiger charge is -2.04. The highest BCUT2D eigenvalue weighted by atomic mass is 79.9. The van der Waals surface area contributed by atoms with Gasteiger partial charge in [0.2, 0.25) is 0 Å². The zero-order valence-electron chi connectivity index (χ0n) is 5.46. The molecule has 0 heterocycles. The zero-order chi connectivity index (χ0) is 8.43. The zero-order valence-corrected chi connectivity index (χ0v) is 8.63. The summed E-state index contributed by atoms with van der Waals surface area (Å²) in [5.74, 6) is 0. The molecule has 2 N–H and O–H groups in total. The summed E-state index contributed by atoms with van der Waals surface area (Å²) in [6, 6.07) is 5.30. The second-order valence-electron chi connectivity index (χ2n) is 2.01. The van der Waals surface area contributed by atoms with Gasteiger partial charge in [-0.05, 0) is 12.1 Å². The maximum absolute atomic E-state index is 8.88. The molecule has 0 fully saturated rings. The fourth-order valence-corrected chi connectivity index (χ4v) is 2.17. The number of halogens is 2. The predicted octanol–water partition coefficient (Wildman–Crippen LogP) is 0.891. The van der Waals surface area contributed by atoms with Gasteiger partial charge in [-0.2, -0.15) is 0 Å². The average Bonchev–Trinajstić information content (AvgIpc) is 1.85. The Morgan fingerprint density at radius 3 is 1.82 bits per heavy atom. The lowest BCUT2D eigenvalue weighted by molar-refractivity contribution is 0.425. The molecule has 0 unspecified atom stereocenters. The second kappa shape index (κ2) is 3.71. The molecular weight excluding hydrogens is 275 g/mol. The fraction of sp³-hybridized carbons (Fsp3) is 0. The molecule has 0 amide bonds. The Balaban J connectivity index is 3.21. The van der Waals surface area contributed by atoms with Crippen molar-refractivity contribution in [3.8, 4) is 0 Å². The Morgan fingerprint density at radius 1 is 1.09 bits per heavy atom. The van der Waals surface area contributed by atoms with E-state index in [0.29, 0.717) is 14.4 Å². The summed E-state index contributed by atoms with van der Waals surface area (Å²) in [4.78, 5) is 0. The largest absolute Gasteiger partial charge is 0.490 e. The summed E-state index contributed by atoms with van der Waals surface area (Å²) in [7, 11) is -1.44. The molecule has 1 aromatic carbocycles. The number of hydrogen-bond acceptors (Lipinski definition) is 2. The summed E-state index contributed by atoms with van der Waals surface area (Å²) in [5.41, 5.74) is 0.451. The normalized spacial score (nSPS) is 9.82. The summed E-state index contributed by atoms with van der Waals surface area (Å²) in [6.07, 6.45) is 0. The van der Waals surface area contributed by atoms with Crippen LogP contribution in [0.1, 0.15) is 0 Å². The first-order valence-electron chi connectivity index (χ1n) is 2.93. The third-order valence-electron chi connectivity index (χ3n) is 1.26. The lowest BCUT2D eigenvalue weighted by Crippen LogP contribution is -2.32. The van der Waals surface area contributed by atoms with Crippen LogP contribution in [0.3, 0.4) is 0 Å². The third-order valence-corrected chi connectivity index (χ3v) is 2.64. The highest BCUT2D eigenvalue weighted by molar-refractivity contribution is 9.11. The first-order valence-corrected chi connectivity index (χ1v) is 4.51. The van der Waals surface area contributed by atoms with Crippen molar-refractivity contribution in [2.75, 3.05) is 0 Å². The SMILES string of the molecule is OB(O)c1c(Br)cccc1Br. The van der Waals surface area contributed by atoms with E-state index in [1.54, 1.807) is 18.2 Å². The van der Waals surface area contributed by atoms with E-state index in [9.17, 15) is 0 Å². The smallest absolute Gasteiger partial charge is 0.423 e. The molecule has 0 aliphatic heterocycles. The van der Waals surface area contributed by atoms with E-state index >= 15 is 0 Å². The van der Waals surface area contributed by atoms with Gasteiger partial charge in [-0.3, -0.25) is 0 Å². The van der Waals surface area contributed by atoms with E-state index in [-0.39, 0.29) is 0 Å². The van der Waals surface area contributed by atoms with E-state index in [1.807, 2.05) is 0 Å². The van der Waals surface area contributed by atoms with Crippen LogP contribution in [-0.4, -0.2) is 17.2 Å². The molecule has 5 heteroatoms. The van der Waals surface area contributed by atoms with Crippen LogP contribution >= 0.6 is 31.9 Å².